The maximum absolute atomic E-state index is 12.2. The van der Waals surface area contributed by atoms with E-state index in [-0.39, 0.29) is 5.91 Å². The third-order valence-corrected chi connectivity index (χ3v) is 4.06. The van der Waals surface area contributed by atoms with Gasteiger partial charge in [-0.15, -0.1) is 0 Å². The largest absolute Gasteiger partial charge is 0.481 e. The van der Waals surface area contributed by atoms with E-state index in [1.54, 1.807) is 24.3 Å². The lowest BCUT2D eigenvalue weighted by Crippen LogP contribution is -2.60. The monoisotopic (exact) mass is 261 g/mol. The molecule has 5 heteroatoms. The average molecular weight is 261 g/mol. The second-order valence-electron chi connectivity index (χ2n) is 5.08. The maximum atomic E-state index is 12.2. The number of benzene rings is 1. The number of nitrogens with one attached hydrogen (secondary N) is 1. The standard InChI is InChI=1S/C14H15NO4/c16-12-10-4-2-1-3-9(10)11(13(17)18)14(15-12)5-7-19-8-6-14/h1-4,11H,5-8H2,(H,15,16)(H,17,18). The van der Waals surface area contributed by atoms with Crippen molar-refractivity contribution < 1.29 is 19.4 Å². The van der Waals surface area contributed by atoms with Crippen LogP contribution in [0.5, 0.6) is 0 Å². The van der Waals surface area contributed by atoms with Gasteiger partial charge in [-0.2, -0.15) is 0 Å². The summed E-state index contributed by atoms with van der Waals surface area (Å²) in [5.41, 5.74) is 0.364. The van der Waals surface area contributed by atoms with Gasteiger partial charge in [0.25, 0.3) is 5.91 Å². The lowest BCUT2D eigenvalue weighted by atomic mass is 9.70. The number of fused-ring (bicyclic) bond motifs is 1. The number of hydrogen-bond donors (Lipinski definition) is 2. The molecule has 2 aliphatic rings. The molecule has 2 N–H and O–H groups in total. The smallest absolute Gasteiger partial charge is 0.313 e. The molecule has 0 aromatic heterocycles. The first-order chi connectivity index (χ1) is 9.14. The Balaban J connectivity index is 2.13. The molecule has 2 heterocycles. The van der Waals surface area contributed by atoms with E-state index in [4.69, 9.17) is 4.74 Å². The Hall–Kier alpha value is -1.88. The minimum absolute atomic E-state index is 0.185. The highest BCUT2D eigenvalue weighted by Crippen LogP contribution is 2.41. The summed E-state index contributed by atoms with van der Waals surface area (Å²) in [6.07, 6.45) is 1.06. The Labute approximate surface area is 110 Å². The molecular weight excluding hydrogens is 246 g/mol. The molecule has 0 bridgehead atoms. The van der Waals surface area contributed by atoms with Gasteiger partial charge in [0.1, 0.15) is 5.92 Å². The number of carbonyl (C=O) groups excluding carboxylic acids is 1. The van der Waals surface area contributed by atoms with Gasteiger partial charge in [0.05, 0.1) is 5.54 Å². The summed E-state index contributed by atoms with van der Waals surface area (Å²) < 4.78 is 5.30. The van der Waals surface area contributed by atoms with E-state index in [1.165, 1.54) is 0 Å². The zero-order valence-corrected chi connectivity index (χ0v) is 10.4. The second-order valence-corrected chi connectivity index (χ2v) is 5.08. The summed E-state index contributed by atoms with van der Waals surface area (Å²) in [6.45, 7) is 0.957. The van der Waals surface area contributed by atoms with Gasteiger partial charge in [-0.25, -0.2) is 0 Å². The maximum Gasteiger partial charge on any atom is 0.313 e. The van der Waals surface area contributed by atoms with E-state index < -0.39 is 17.4 Å². The molecule has 1 fully saturated rings. The minimum atomic E-state index is -0.894. The molecule has 0 saturated carbocycles. The van der Waals surface area contributed by atoms with Crippen molar-refractivity contribution in [2.45, 2.75) is 24.3 Å². The third-order valence-electron chi connectivity index (χ3n) is 4.06. The van der Waals surface area contributed by atoms with Gasteiger partial charge in [-0.1, -0.05) is 18.2 Å². The fourth-order valence-electron chi connectivity index (χ4n) is 3.14. The fourth-order valence-corrected chi connectivity index (χ4v) is 3.14. The van der Waals surface area contributed by atoms with Gasteiger partial charge in [0.15, 0.2) is 0 Å². The number of aliphatic carboxylic acids is 1. The molecule has 1 saturated heterocycles. The highest BCUT2D eigenvalue weighted by Gasteiger charge is 2.50. The molecule has 100 valence electrons. The molecule has 1 unspecified atom stereocenters. The van der Waals surface area contributed by atoms with E-state index in [9.17, 15) is 14.7 Å². The van der Waals surface area contributed by atoms with Crippen LogP contribution in [0.25, 0.3) is 0 Å². The second kappa shape index (κ2) is 4.35. The van der Waals surface area contributed by atoms with Gasteiger partial charge in [0.2, 0.25) is 0 Å². The SMILES string of the molecule is O=C1NC2(CCOCC2)C(C(=O)O)c2ccccc21. The molecule has 1 spiro atoms. The van der Waals surface area contributed by atoms with Gasteiger partial charge in [-0.3, -0.25) is 9.59 Å². The molecule has 5 nitrogen and oxygen atoms in total. The van der Waals surface area contributed by atoms with Gasteiger partial charge in [0, 0.05) is 18.8 Å². The Morgan fingerprint density at radius 3 is 2.68 bits per heavy atom. The van der Waals surface area contributed by atoms with Crippen LogP contribution < -0.4 is 5.32 Å². The zero-order chi connectivity index (χ0) is 13.5. The van der Waals surface area contributed by atoms with Crippen molar-refractivity contribution in [2.75, 3.05) is 13.2 Å². The van der Waals surface area contributed by atoms with Crippen LogP contribution in [0.1, 0.15) is 34.7 Å². The van der Waals surface area contributed by atoms with Crippen LogP contribution in [0.2, 0.25) is 0 Å². The molecule has 1 aromatic rings. The predicted octanol–water partition coefficient (Wildman–Crippen LogP) is 1.15. The number of amides is 1. The van der Waals surface area contributed by atoms with Crippen LogP contribution in [0.3, 0.4) is 0 Å². The van der Waals surface area contributed by atoms with Crippen molar-refractivity contribution in [2.24, 2.45) is 0 Å². The van der Waals surface area contributed by atoms with E-state index in [0.717, 1.165) is 0 Å². The van der Waals surface area contributed by atoms with E-state index in [0.29, 0.717) is 37.2 Å². The van der Waals surface area contributed by atoms with Gasteiger partial charge >= 0.3 is 5.97 Å². The average Bonchev–Trinajstić information content (AvgIpc) is 2.39. The van der Waals surface area contributed by atoms with Crippen LogP contribution in [-0.2, 0) is 9.53 Å². The first kappa shape index (κ1) is 12.2. The highest BCUT2D eigenvalue weighted by molar-refractivity contribution is 6.00. The lowest BCUT2D eigenvalue weighted by Gasteiger charge is -2.45. The number of carboxylic acids is 1. The fraction of sp³-hybridized carbons (Fsp3) is 0.429. The van der Waals surface area contributed by atoms with E-state index >= 15 is 0 Å². The summed E-state index contributed by atoms with van der Waals surface area (Å²) in [5.74, 6) is -1.78. The van der Waals surface area contributed by atoms with Crippen molar-refractivity contribution in [1.29, 1.82) is 0 Å². The van der Waals surface area contributed by atoms with Crippen LogP contribution in [0.15, 0.2) is 24.3 Å². The lowest BCUT2D eigenvalue weighted by molar-refractivity contribution is -0.142. The number of rotatable bonds is 1. The highest BCUT2D eigenvalue weighted by atomic mass is 16.5. The van der Waals surface area contributed by atoms with E-state index in [2.05, 4.69) is 5.32 Å². The molecule has 0 aliphatic carbocycles. The van der Waals surface area contributed by atoms with Crippen LogP contribution in [-0.4, -0.2) is 35.7 Å². The normalized spacial score (nSPS) is 24.6. The number of ether oxygens (including phenoxy) is 1. The molecule has 0 radical (unpaired) electrons. The van der Waals surface area contributed by atoms with Crippen molar-refractivity contribution in [1.82, 2.24) is 5.32 Å². The molecule has 1 atom stereocenters. The van der Waals surface area contributed by atoms with Crippen LogP contribution in [0, 0.1) is 0 Å². The number of carbonyl (C=O) groups is 2. The van der Waals surface area contributed by atoms with Crippen LogP contribution in [0.4, 0.5) is 0 Å². The summed E-state index contributed by atoms with van der Waals surface area (Å²) in [5, 5.41) is 12.5. The third kappa shape index (κ3) is 1.81. The topological polar surface area (TPSA) is 75.6 Å². The summed E-state index contributed by atoms with van der Waals surface area (Å²) >= 11 is 0. The Morgan fingerprint density at radius 1 is 1.32 bits per heavy atom. The van der Waals surface area contributed by atoms with Crippen LogP contribution >= 0.6 is 0 Å². The first-order valence-corrected chi connectivity index (χ1v) is 6.36. The Morgan fingerprint density at radius 2 is 2.00 bits per heavy atom. The summed E-state index contributed by atoms with van der Waals surface area (Å²) in [7, 11) is 0. The van der Waals surface area contributed by atoms with E-state index in [1.807, 2.05) is 0 Å². The first-order valence-electron chi connectivity index (χ1n) is 6.36. The Bertz CT molecular complexity index is 534. The van der Waals surface area contributed by atoms with Gasteiger partial charge in [-0.05, 0) is 24.5 Å². The van der Waals surface area contributed by atoms with Gasteiger partial charge < -0.3 is 15.2 Å². The number of hydrogen-bond acceptors (Lipinski definition) is 3. The zero-order valence-electron chi connectivity index (χ0n) is 10.4. The molecule has 1 amide bonds. The predicted molar refractivity (Wildman–Crippen MR) is 67.1 cm³/mol. The van der Waals surface area contributed by atoms with Crippen molar-refractivity contribution in [3.63, 3.8) is 0 Å². The summed E-state index contributed by atoms with van der Waals surface area (Å²) in [6, 6.07) is 6.94. The molecule has 19 heavy (non-hydrogen) atoms. The molecular formula is C14H15NO4. The number of carboxylic acid groups (broad SMARTS) is 1. The molecule has 3 rings (SSSR count). The quantitative estimate of drug-likeness (QED) is 0.795. The minimum Gasteiger partial charge on any atom is -0.481 e. The summed E-state index contributed by atoms with van der Waals surface area (Å²) in [4.78, 5) is 23.9. The van der Waals surface area contributed by atoms with Crippen molar-refractivity contribution in [3.05, 3.63) is 35.4 Å². The molecule has 2 aliphatic heterocycles. The Kier molecular flexibility index (Phi) is 2.78. The molecule has 1 aromatic carbocycles. The van der Waals surface area contributed by atoms with Crippen molar-refractivity contribution in [3.8, 4) is 0 Å². The van der Waals surface area contributed by atoms with Crippen molar-refractivity contribution >= 4 is 11.9 Å².